The standard InChI is InChI=1S/C13H12F2N2O3S/c1-20-11-6-5-8(7-10(11)15)17-21(18,19)12-4-2-3-9(14)13(12)16/h2-7,17H,16H2,1H3. The maximum atomic E-state index is 13.5. The van der Waals surface area contributed by atoms with E-state index in [1.54, 1.807) is 0 Å². The Kier molecular flexibility index (Phi) is 3.99. The lowest BCUT2D eigenvalue weighted by molar-refractivity contribution is 0.386. The zero-order valence-corrected chi connectivity index (χ0v) is 11.7. The first kappa shape index (κ1) is 15.0. The topological polar surface area (TPSA) is 81.4 Å². The number of para-hydroxylation sites is 1. The highest BCUT2D eigenvalue weighted by atomic mass is 32.2. The van der Waals surface area contributed by atoms with Crippen LogP contribution in [-0.4, -0.2) is 15.5 Å². The first-order valence-electron chi connectivity index (χ1n) is 5.75. The largest absolute Gasteiger partial charge is 0.494 e. The van der Waals surface area contributed by atoms with Crippen LogP contribution < -0.4 is 15.2 Å². The molecule has 0 aliphatic rings. The van der Waals surface area contributed by atoms with Crippen LogP contribution in [-0.2, 0) is 10.0 Å². The van der Waals surface area contributed by atoms with E-state index in [4.69, 9.17) is 10.5 Å². The van der Waals surface area contributed by atoms with Crippen LogP contribution >= 0.6 is 0 Å². The summed E-state index contributed by atoms with van der Waals surface area (Å²) in [6, 6.07) is 6.94. The Morgan fingerprint density at radius 1 is 1.14 bits per heavy atom. The molecule has 8 heteroatoms. The summed E-state index contributed by atoms with van der Waals surface area (Å²) in [4.78, 5) is -0.418. The summed E-state index contributed by atoms with van der Waals surface area (Å²) in [6.45, 7) is 0. The average Bonchev–Trinajstić information content (AvgIpc) is 2.41. The van der Waals surface area contributed by atoms with Gasteiger partial charge in [0, 0.05) is 6.07 Å². The summed E-state index contributed by atoms with van der Waals surface area (Å²) in [5.74, 6) is -1.60. The molecule has 0 aromatic heterocycles. The zero-order valence-electron chi connectivity index (χ0n) is 10.9. The maximum absolute atomic E-state index is 13.5. The predicted molar refractivity (Wildman–Crippen MR) is 74.6 cm³/mol. The third kappa shape index (κ3) is 3.05. The minimum atomic E-state index is -4.13. The van der Waals surface area contributed by atoms with Crippen molar-refractivity contribution in [2.24, 2.45) is 0 Å². The molecule has 5 nitrogen and oxygen atoms in total. The lowest BCUT2D eigenvalue weighted by Crippen LogP contribution is -2.15. The van der Waals surface area contributed by atoms with Gasteiger partial charge < -0.3 is 10.5 Å². The van der Waals surface area contributed by atoms with Gasteiger partial charge in [-0.15, -0.1) is 0 Å². The van der Waals surface area contributed by atoms with Gasteiger partial charge >= 0.3 is 0 Å². The number of anilines is 2. The van der Waals surface area contributed by atoms with Crippen LogP contribution in [0.4, 0.5) is 20.2 Å². The van der Waals surface area contributed by atoms with E-state index in [-0.39, 0.29) is 11.4 Å². The van der Waals surface area contributed by atoms with E-state index in [1.165, 1.54) is 25.3 Å². The molecule has 112 valence electrons. The smallest absolute Gasteiger partial charge is 0.264 e. The van der Waals surface area contributed by atoms with Gasteiger partial charge in [-0.1, -0.05) is 6.07 Å². The van der Waals surface area contributed by atoms with Crippen molar-refractivity contribution in [2.75, 3.05) is 17.6 Å². The molecule has 0 unspecified atom stereocenters. The fourth-order valence-electron chi connectivity index (χ4n) is 1.69. The van der Waals surface area contributed by atoms with Crippen LogP contribution in [0.25, 0.3) is 0 Å². The molecule has 0 aliphatic heterocycles. The van der Waals surface area contributed by atoms with Gasteiger partial charge in [-0.3, -0.25) is 4.72 Å². The Hall–Kier alpha value is -2.35. The van der Waals surface area contributed by atoms with E-state index in [0.717, 1.165) is 18.2 Å². The van der Waals surface area contributed by atoms with Gasteiger partial charge in [-0.2, -0.15) is 0 Å². The Morgan fingerprint density at radius 3 is 2.48 bits per heavy atom. The molecule has 0 radical (unpaired) electrons. The number of nitrogens with two attached hydrogens (primary N) is 1. The molecule has 0 spiro atoms. The van der Waals surface area contributed by atoms with Crippen molar-refractivity contribution in [1.29, 1.82) is 0 Å². The normalized spacial score (nSPS) is 11.2. The molecular formula is C13H12F2N2O3S. The molecule has 0 fully saturated rings. The van der Waals surface area contributed by atoms with Gasteiger partial charge in [0.05, 0.1) is 18.5 Å². The van der Waals surface area contributed by atoms with E-state index in [0.29, 0.717) is 0 Å². The molecule has 0 saturated carbocycles. The van der Waals surface area contributed by atoms with Gasteiger partial charge in [-0.25, -0.2) is 17.2 Å². The van der Waals surface area contributed by atoms with Gasteiger partial charge in [-0.05, 0) is 24.3 Å². The first-order valence-corrected chi connectivity index (χ1v) is 7.24. The molecular weight excluding hydrogens is 302 g/mol. The Balaban J connectivity index is 2.38. The fraction of sp³-hybridized carbons (Fsp3) is 0.0769. The van der Waals surface area contributed by atoms with Crippen LogP contribution in [0.1, 0.15) is 0 Å². The molecule has 0 heterocycles. The number of ether oxygens (including phenoxy) is 1. The van der Waals surface area contributed by atoms with Crippen LogP contribution in [0.2, 0.25) is 0 Å². The Bertz CT molecular complexity index is 779. The van der Waals surface area contributed by atoms with Crippen molar-refractivity contribution in [3.8, 4) is 5.75 Å². The number of hydrogen-bond acceptors (Lipinski definition) is 4. The number of benzene rings is 2. The molecule has 2 rings (SSSR count). The molecule has 0 saturated heterocycles. The minimum absolute atomic E-state index is 0.0248. The van der Waals surface area contributed by atoms with E-state index in [2.05, 4.69) is 4.72 Å². The lowest BCUT2D eigenvalue weighted by Gasteiger charge is -2.11. The van der Waals surface area contributed by atoms with Crippen molar-refractivity contribution in [3.05, 3.63) is 48.0 Å². The van der Waals surface area contributed by atoms with E-state index >= 15 is 0 Å². The summed E-state index contributed by atoms with van der Waals surface area (Å²) in [6.07, 6.45) is 0. The molecule has 0 atom stereocenters. The second kappa shape index (κ2) is 5.57. The highest BCUT2D eigenvalue weighted by Gasteiger charge is 2.20. The molecule has 2 aromatic carbocycles. The van der Waals surface area contributed by atoms with Crippen LogP contribution in [0.5, 0.6) is 5.75 Å². The third-order valence-corrected chi connectivity index (χ3v) is 4.15. The summed E-state index contributed by atoms with van der Waals surface area (Å²) in [7, 11) is -2.84. The monoisotopic (exact) mass is 314 g/mol. The van der Waals surface area contributed by atoms with E-state index in [9.17, 15) is 17.2 Å². The number of halogens is 2. The number of nitrogens with one attached hydrogen (secondary N) is 1. The molecule has 3 N–H and O–H groups in total. The van der Waals surface area contributed by atoms with Crippen molar-refractivity contribution >= 4 is 21.4 Å². The lowest BCUT2D eigenvalue weighted by atomic mass is 10.3. The van der Waals surface area contributed by atoms with Gasteiger partial charge in [0.15, 0.2) is 11.6 Å². The van der Waals surface area contributed by atoms with E-state index in [1.807, 2.05) is 0 Å². The van der Waals surface area contributed by atoms with Crippen LogP contribution in [0.15, 0.2) is 41.3 Å². The van der Waals surface area contributed by atoms with Crippen LogP contribution in [0, 0.1) is 11.6 Å². The molecule has 0 bridgehead atoms. The molecule has 0 aliphatic carbocycles. The second-order valence-corrected chi connectivity index (χ2v) is 5.76. The molecule has 2 aromatic rings. The first-order chi connectivity index (χ1) is 9.85. The maximum Gasteiger partial charge on any atom is 0.264 e. The third-order valence-electron chi connectivity index (χ3n) is 2.71. The minimum Gasteiger partial charge on any atom is -0.494 e. The van der Waals surface area contributed by atoms with E-state index < -0.39 is 32.2 Å². The van der Waals surface area contributed by atoms with Gasteiger partial charge in [0.25, 0.3) is 10.0 Å². The number of rotatable bonds is 4. The van der Waals surface area contributed by atoms with Crippen molar-refractivity contribution < 1.29 is 21.9 Å². The molecule has 21 heavy (non-hydrogen) atoms. The summed E-state index contributed by atoms with van der Waals surface area (Å²) < 4.78 is 58.0. The SMILES string of the molecule is COc1ccc(NS(=O)(=O)c2cccc(F)c2N)cc1F. The number of hydrogen-bond donors (Lipinski definition) is 2. The number of methoxy groups -OCH3 is 1. The second-order valence-electron chi connectivity index (χ2n) is 4.11. The summed E-state index contributed by atoms with van der Waals surface area (Å²) in [5, 5.41) is 0. The highest BCUT2D eigenvalue weighted by molar-refractivity contribution is 7.92. The Labute approximate surface area is 120 Å². The fourth-order valence-corrected chi connectivity index (χ4v) is 2.88. The van der Waals surface area contributed by atoms with Crippen molar-refractivity contribution in [2.45, 2.75) is 4.90 Å². The van der Waals surface area contributed by atoms with Gasteiger partial charge in [0.2, 0.25) is 0 Å². The molecule has 0 amide bonds. The predicted octanol–water partition coefficient (Wildman–Crippen LogP) is 2.36. The van der Waals surface area contributed by atoms with Crippen molar-refractivity contribution in [1.82, 2.24) is 0 Å². The Morgan fingerprint density at radius 2 is 1.86 bits per heavy atom. The van der Waals surface area contributed by atoms with Crippen LogP contribution in [0.3, 0.4) is 0 Å². The highest BCUT2D eigenvalue weighted by Crippen LogP contribution is 2.26. The average molecular weight is 314 g/mol. The summed E-state index contributed by atoms with van der Waals surface area (Å²) in [5.41, 5.74) is 4.88. The zero-order chi connectivity index (χ0) is 15.6. The van der Waals surface area contributed by atoms with Crippen molar-refractivity contribution in [3.63, 3.8) is 0 Å². The number of sulfonamides is 1. The quantitative estimate of drug-likeness (QED) is 0.849. The number of nitrogen functional groups attached to an aromatic ring is 1. The van der Waals surface area contributed by atoms with Gasteiger partial charge in [0.1, 0.15) is 10.7 Å². The summed E-state index contributed by atoms with van der Waals surface area (Å²) >= 11 is 0.